The van der Waals surface area contributed by atoms with E-state index in [0.29, 0.717) is 5.92 Å². The molecule has 2 aromatic rings. The monoisotopic (exact) mass is 206 g/mol. The number of thiophene rings is 1. The van der Waals surface area contributed by atoms with Crippen molar-refractivity contribution in [3.05, 3.63) is 40.6 Å². The number of hydrogen-bond acceptors (Lipinski definition) is 2. The molecule has 0 saturated carbocycles. The van der Waals surface area contributed by atoms with Crippen LogP contribution in [0.15, 0.2) is 29.9 Å². The third kappa shape index (κ3) is 1.87. The lowest BCUT2D eigenvalue weighted by molar-refractivity contribution is 0.674. The van der Waals surface area contributed by atoms with Gasteiger partial charge >= 0.3 is 0 Å². The van der Waals surface area contributed by atoms with Gasteiger partial charge in [-0.15, -0.1) is 11.3 Å². The Morgan fingerprint density at radius 3 is 3.00 bits per heavy atom. The minimum absolute atomic E-state index is 0.491. The van der Waals surface area contributed by atoms with Gasteiger partial charge in [0.25, 0.3) is 0 Å². The van der Waals surface area contributed by atoms with Gasteiger partial charge in [0.1, 0.15) is 5.82 Å². The SMILES string of the molecule is CC(C)c1nccn1Cc1cccs1. The third-order valence-corrected chi connectivity index (χ3v) is 3.03. The minimum atomic E-state index is 0.491. The van der Waals surface area contributed by atoms with Crippen molar-refractivity contribution < 1.29 is 0 Å². The highest BCUT2D eigenvalue weighted by Gasteiger charge is 2.07. The summed E-state index contributed by atoms with van der Waals surface area (Å²) in [6.07, 6.45) is 3.93. The highest BCUT2D eigenvalue weighted by Crippen LogP contribution is 2.16. The summed E-state index contributed by atoms with van der Waals surface area (Å²) in [7, 11) is 0. The Kier molecular flexibility index (Phi) is 2.68. The van der Waals surface area contributed by atoms with Gasteiger partial charge in [-0.2, -0.15) is 0 Å². The standard InChI is InChI=1S/C11H14N2S/c1-9(2)11-12-5-6-13(11)8-10-4-3-7-14-10/h3-7,9H,8H2,1-2H3. The summed E-state index contributed by atoms with van der Waals surface area (Å²) < 4.78 is 2.22. The molecule has 0 unspecified atom stereocenters. The van der Waals surface area contributed by atoms with E-state index in [2.05, 4.69) is 47.1 Å². The maximum Gasteiger partial charge on any atom is 0.111 e. The van der Waals surface area contributed by atoms with Crippen LogP contribution in [0.2, 0.25) is 0 Å². The molecule has 0 aromatic carbocycles. The van der Waals surface area contributed by atoms with Crippen LogP contribution in [0.3, 0.4) is 0 Å². The van der Waals surface area contributed by atoms with Crippen molar-refractivity contribution in [2.45, 2.75) is 26.3 Å². The first kappa shape index (κ1) is 9.46. The van der Waals surface area contributed by atoms with Crippen LogP contribution in [0.1, 0.15) is 30.5 Å². The van der Waals surface area contributed by atoms with Crippen LogP contribution in [-0.2, 0) is 6.54 Å². The van der Waals surface area contributed by atoms with Gasteiger partial charge in [-0.3, -0.25) is 0 Å². The molecule has 0 spiro atoms. The largest absolute Gasteiger partial charge is 0.329 e. The molecule has 2 nitrogen and oxygen atoms in total. The van der Waals surface area contributed by atoms with E-state index < -0.39 is 0 Å². The van der Waals surface area contributed by atoms with Crippen molar-refractivity contribution in [2.75, 3.05) is 0 Å². The fourth-order valence-electron chi connectivity index (χ4n) is 1.53. The smallest absolute Gasteiger partial charge is 0.111 e. The van der Waals surface area contributed by atoms with Gasteiger partial charge < -0.3 is 4.57 Å². The predicted octanol–water partition coefficient (Wildman–Crippen LogP) is 3.12. The van der Waals surface area contributed by atoms with E-state index >= 15 is 0 Å². The second-order valence-electron chi connectivity index (χ2n) is 3.65. The first-order valence-electron chi connectivity index (χ1n) is 4.81. The van der Waals surface area contributed by atoms with Crippen molar-refractivity contribution in [3.63, 3.8) is 0 Å². The van der Waals surface area contributed by atoms with E-state index in [-0.39, 0.29) is 0 Å². The van der Waals surface area contributed by atoms with Crippen molar-refractivity contribution in [3.8, 4) is 0 Å². The van der Waals surface area contributed by atoms with E-state index in [1.807, 2.05) is 6.20 Å². The van der Waals surface area contributed by atoms with E-state index in [1.165, 1.54) is 10.7 Å². The molecule has 0 N–H and O–H groups in total. The molecule has 0 atom stereocenters. The summed E-state index contributed by atoms with van der Waals surface area (Å²) in [5.74, 6) is 1.66. The third-order valence-electron chi connectivity index (χ3n) is 2.17. The van der Waals surface area contributed by atoms with Crippen molar-refractivity contribution in [1.29, 1.82) is 0 Å². The molecule has 0 fully saturated rings. The fraction of sp³-hybridized carbons (Fsp3) is 0.364. The fourth-order valence-corrected chi connectivity index (χ4v) is 2.23. The summed E-state index contributed by atoms with van der Waals surface area (Å²) in [4.78, 5) is 5.74. The Bertz CT molecular complexity index is 387. The van der Waals surface area contributed by atoms with Crippen LogP contribution in [0.5, 0.6) is 0 Å². The molecule has 0 bridgehead atoms. The van der Waals surface area contributed by atoms with E-state index in [9.17, 15) is 0 Å². The summed E-state index contributed by atoms with van der Waals surface area (Å²) in [5, 5.41) is 2.11. The minimum Gasteiger partial charge on any atom is -0.329 e. The first-order valence-corrected chi connectivity index (χ1v) is 5.68. The van der Waals surface area contributed by atoms with Crippen LogP contribution >= 0.6 is 11.3 Å². The lowest BCUT2D eigenvalue weighted by Crippen LogP contribution is -2.04. The molecule has 0 radical (unpaired) electrons. The zero-order valence-electron chi connectivity index (χ0n) is 8.47. The Labute approximate surface area is 88.2 Å². The first-order chi connectivity index (χ1) is 6.77. The van der Waals surface area contributed by atoms with Crippen LogP contribution in [0.25, 0.3) is 0 Å². The van der Waals surface area contributed by atoms with Crippen LogP contribution < -0.4 is 0 Å². The Hall–Kier alpha value is -1.09. The van der Waals surface area contributed by atoms with E-state index in [0.717, 1.165) is 6.54 Å². The van der Waals surface area contributed by atoms with Crippen molar-refractivity contribution >= 4 is 11.3 Å². The molecule has 0 saturated heterocycles. The van der Waals surface area contributed by atoms with Gasteiger partial charge in [0.2, 0.25) is 0 Å². The highest BCUT2D eigenvalue weighted by atomic mass is 32.1. The molecular weight excluding hydrogens is 192 g/mol. The lowest BCUT2D eigenvalue weighted by Gasteiger charge is -2.08. The highest BCUT2D eigenvalue weighted by molar-refractivity contribution is 7.09. The number of aromatic nitrogens is 2. The van der Waals surface area contributed by atoms with Gasteiger partial charge in [0.15, 0.2) is 0 Å². The molecule has 2 heterocycles. The molecule has 2 rings (SSSR count). The van der Waals surface area contributed by atoms with E-state index in [1.54, 1.807) is 11.3 Å². The Balaban J connectivity index is 2.21. The van der Waals surface area contributed by atoms with Crippen LogP contribution in [0, 0.1) is 0 Å². The summed E-state index contributed by atoms with van der Waals surface area (Å²) >= 11 is 1.79. The lowest BCUT2D eigenvalue weighted by atomic mass is 10.2. The van der Waals surface area contributed by atoms with Crippen LogP contribution in [-0.4, -0.2) is 9.55 Å². The maximum absolute atomic E-state index is 4.36. The summed E-state index contributed by atoms with van der Waals surface area (Å²) in [5.41, 5.74) is 0. The van der Waals surface area contributed by atoms with Gasteiger partial charge in [0.05, 0.1) is 6.54 Å². The topological polar surface area (TPSA) is 17.8 Å². The predicted molar refractivity (Wildman–Crippen MR) is 59.7 cm³/mol. The zero-order chi connectivity index (χ0) is 9.97. The molecule has 3 heteroatoms. The number of nitrogens with zero attached hydrogens (tertiary/aromatic N) is 2. The molecule has 74 valence electrons. The molecular formula is C11H14N2S. The van der Waals surface area contributed by atoms with Gasteiger partial charge in [-0.25, -0.2) is 4.98 Å². The molecule has 14 heavy (non-hydrogen) atoms. The Morgan fingerprint density at radius 2 is 2.36 bits per heavy atom. The van der Waals surface area contributed by atoms with Gasteiger partial charge in [-0.05, 0) is 11.4 Å². The number of rotatable bonds is 3. The molecule has 2 aromatic heterocycles. The Morgan fingerprint density at radius 1 is 1.50 bits per heavy atom. The molecule has 0 aliphatic carbocycles. The summed E-state index contributed by atoms with van der Waals surface area (Å²) in [6.45, 7) is 5.30. The normalized spacial score (nSPS) is 11.1. The average Bonchev–Trinajstić information content (AvgIpc) is 2.75. The van der Waals surface area contributed by atoms with Crippen LogP contribution in [0.4, 0.5) is 0 Å². The van der Waals surface area contributed by atoms with Crippen molar-refractivity contribution in [1.82, 2.24) is 9.55 Å². The molecule has 0 aliphatic heterocycles. The van der Waals surface area contributed by atoms with E-state index in [4.69, 9.17) is 0 Å². The zero-order valence-corrected chi connectivity index (χ0v) is 9.29. The second kappa shape index (κ2) is 3.96. The number of hydrogen-bond donors (Lipinski definition) is 0. The second-order valence-corrected chi connectivity index (χ2v) is 4.68. The molecule has 0 amide bonds. The van der Waals surface area contributed by atoms with Gasteiger partial charge in [-0.1, -0.05) is 19.9 Å². The number of imidazole rings is 1. The average molecular weight is 206 g/mol. The van der Waals surface area contributed by atoms with Gasteiger partial charge in [0, 0.05) is 23.2 Å². The quantitative estimate of drug-likeness (QED) is 0.754. The molecule has 0 aliphatic rings. The summed E-state index contributed by atoms with van der Waals surface area (Å²) in [6, 6.07) is 4.25. The maximum atomic E-state index is 4.36. The van der Waals surface area contributed by atoms with Crippen molar-refractivity contribution in [2.24, 2.45) is 0 Å².